The Hall–Kier alpha value is -2.94. The Kier molecular flexibility index (Phi) is 11.1. The molecule has 1 rings (SSSR count). The molecule has 0 aliphatic carbocycles. The summed E-state index contributed by atoms with van der Waals surface area (Å²) < 4.78 is 5.17. The molecular formula is C21H31N3O6. The monoisotopic (exact) mass is 421 g/mol. The van der Waals surface area contributed by atoms with E-state index in [4.69, 9.17) is 9.84 Å². The fourth-order valence-corrected chi connectivity index (χ4v) is 2.65. The first kappa shape index (κ1) is 25.1. The Morgan fingerprint density at radius 3 is 2.27 bits per heavy atom. The van der Waals surface area contributed by atoms with Crippen LogP contribution in [-0.4, -0.2) is 54.0 Å². The van der Waals surface area contributed by atoms with E-state index in [9.17, 15) is 19.2 Å². The van der Waals surface area contributed by atoms with Crippen molar-refractivity contribution in [1.29, 1.82) is 0 Å². The van der Waals surface area contributed by atoms with Gasteiger partial charge in [-0.05, 0) is 24.3 Å². The molecule has 1 aromatic carbocycles. The van der Waals surface area contributed by atoms with Gasteiger partial charge in [0.2, 0.25) is 11.7 Å². The number of ketones is 1. The van der Waals surface area contributed by atoms with Crippen molar-refractivity contribution in [3.63, 3.8) is 0 Å². The van der Waals surface area contributed by atoms with E-state index in [1.54, 1.807) is 6.92 Å². The molecule has 0 fully saturated rings. The first-order chi connectivity index (χ1) is 14.3. The summed E-state index contributed by atoms with van der Waals surface area (Å²) in [5, 5.41) is 16.1. The van der Waals surface area contributed by atoms with E-state index in [2.05, 4.69) is 16.0 Å². The van der Waals surface area contributed by atoms with Gasteiger partial charge in [0.05, 0.1) is 12.6 Å². The van der Waals surface area contributed by atoms with E-state index < -0.39 is 35.8 Å². The van der Waals surface area contributed by atoms with Crippen LogP contribution >= 0.6 is 0 Å². The van der Waals surface area contributed by atoms with Crippen molar-refractivity contribution in [1.82, 2.24) is 16.0 Å². The number of hydrogen-bond acceptors (Lipinski definition) is 6. The largest absolute Gasteiger partial charge is 0.445 e. The summed E-state index contributed by atoms with van der Waals surface area (Å²) in [6.45, 7) is 5.14. The molecule has 30 heavy (non-hydrogen) atoms. The molecule has 1 aromatic rings. The number of ether oxygens (including phenoxy) is 1. The first-order valence-electron chi connectivity index (χ1n) is 9.98. The third-order valence-electron chi connectivity index (χ3n) is 4.19. The molecule has 0 radical (unpaired) electrons. The van der Waals surface area contributed by atoms with Crippen LogP contribution in [0.15, 0.2) is 30.3 Å². The van der Waals surface area contributed by atoms with Gasteiger partial charge in [0.15, 0.2) is 0 Å². The standard InChI is InChI=1S/C21H31N3O6/c1-4-16(18(26)20(28)22-10-11-25)23-19(27)17(12-14(2)3)24-21(29)30-13-15-8-6-5-7-9-15/h5-9,14,16-17,25H,4,10-13H2,1-3H3,(H,22,28)(H,23,27)(H,24,29)/t16?,17-/m0/s1. The zero-order valence-corrected chi connectivity index (χ0v) is 17.6. The zero-order valence-electron chi connectivity index (χ0n) is 17.6. The lowest BCUT2D eigenvalue weighted by atomic mass is 10.0. The Morgan fingerprint density at radius 2 is 1.70 bits per heavy atom. The van der Waals surface area contributed by atoms with Crippen LogP contribution in [0.4, 0.5) is 4.79 Å². The number of benzene rings is 1. The molecule has 0 spiro atoms. The van der Waals surface area contributed by atoms with Gasteiger partial charge in [-0.1, -0.05) is 51.1 Å². The van der Waals surface area contributed by atoms with Gasteiger partial charge in [-0.3, -0.25) is 14.4 Å². The van der Waals surface area contributed by atoms with Crippen molar-refractivity contribution in [2.45, 2.75) is 52.3 Å². The van der Waals surface area contributed by atoms with E-state index in [-0.39, 0.29) is 32.1 Å². The zero-order chi connectivity index (χ0) is 22.5. The van der Waals surface area contributed by atoms with Gasteiger partial charge in [0.25, 0.3) is 5.91 Å². The second kappa shape index (κ2) is 13.3. The third kappa shape index (κ3) is 9.04. The second-order valence-electron chi connectivity index (χ2n) is 7.20. The van der Waals surface area contributed by atoms with E-state index >= 15 is 0 Å². The molecule has 0 saturated carbocycles. The summed E-state index contributed by atoms with van der Waals surface area (Å²) in [5.74, 6) is -2.18. The number of rotatable bonds is 12. The van der Waals surface area contributed by atoms with Gasteiger partial charge in [-0.15, -0.1) is 0 Å². The number of alkyl carbamates (subject to hydrolysis) is 1. The van der Waals surface area contributed by atoms with Gasteiger partial charge in [-0.25, -0.2) is 4.79 Å². The smallest absolute Gasteiger partial charge is 0.408 e. The summed E-state index contributed by atoms with van der Waals surface area (Å²) in [7, 11) is 0. The maximum Gasteiger partial charge on any atom is 0.408 e. The summed E-state index contributed by atoms with van der Waals surface area (Å²) >= 11 is 0. The maximum atomic E-state index is 12.7. The van der Waals surface area contributed by atoms with Gasteiger partial charge in [0, 0.05) is 6.54 Å². The molecule has 1 unspecified atom stereocenters. The highest BCUT2D eigenvalue weighted by Gasteiger charge is 2.29. The Labute approximate surface area is 176 Å². The van der Waals surface area contributed by atoms with Crippen molar-refractivity contribution < 1.29 is 29.0 Å². The van der Waals surface area contributed by atoms with Crippen molar-refractivity contribution in [3.05, 3.63) is 35.9 Å². The lowest BCUT2D eigenvalue weighted by Gasteiger charge is -2.23. The number of amides is 3. The molecular weight excluding hydrogens is 390 g/mol. The minimum Gasteiger partial charge on any atom is -0.445 e. The average Bonchev–Trinajstić information content (AvgIpc) is 2.73. The van der Waals surface area contributed by atoms with E-state index in [0.717, 1.165) is 5.56 Å². The lowest BCUT2D eigenvalue weighted by Crippen LogP contribution is -2.54. The fraction of sp³-hybridized carbons (Fsp3) is 0.524. The van der Waals surface area contributed by atoms with E-state index in [0.29, 0.717) is 6.42 Å². The molecule has 0 bridgehead atoms. The number of carbonyl (C=O) groups excluding carboxylic acids is 4. The van der Waals surface area contributed by atoms with Crippen LogP contribution in [0, 0.1) is 5.92 Å². The topological polar surface area (TPSA) is 134 Å². The molecule has 166 valence electrons. The molecule has 4 N–H and O–H groups in total. The number of aliphatic hydroxyl groups excluding tert-OH is 1. The van der Waals surface area contributed by atoms with Crippen molar-refractivity contribution in [3.8, 4) is 0 Å². The molecule has 0 aliphatic heterocycles. The predicted octanol–water partition coefficient (Wildman–Crippen LogP) is 0.900. The maximum absolute atomic E-state index is 12.7. The highest BCUT2D eigenvalue weighted by Crippen LogP contribution is 2.08. The molecule has 3 amide bonds. The Balaban J connectivity index is 2.70. The van der Waals surface area contributed by atoms with Crippen molar-refractivity contribution in [2.75, 3.05) is 13.2 Å². The Morgan fingerprint density at radius 1 is 1.03 bits per heavy atom. The van der Waals surface area contributed by atoms with Crippen LogP contribution in [0.1, 0.15) is 39.2 Å². The van der Waals surface area contributed by atoms with Crippen LogP contribution in [0.2, 0.25) is 0 Å². The average molecular weight is 421 g/mol. The van der Waals surface area contributed by atoms with Crippen LogP contribution in [0.3, 0.4) is 0 Å². The molecule has 2 atom stereocenters. The van der Waals surface area contributed by atoms with Crippen molar-refractivity contribution >= 4 is 23.7 Å². The number of hydrogen-bond donors (Lipinski definition) is 4. The van der Waals surface area contributed by atoms with E-state index in [1.807, 2.05) is 44.2 Å². The van der Waals surface area contributed by atoms with Crippen LogP contribution in [0.5, 0.6) is 0 Å². The molecule has 0 aromatic heterocycles. The summed E-state index contributed by atoms with van der Waals surface area (Å²) in [6.07, 6.45) is -0.225. The van der Waals surface area contributed by atoms with Gasteiger partial charge >= 0.3 is 6.09 Å². The summed E-state index contributed by atoms with van der Waals surface area (Å²) in [6, 6.07) is 7.16. The van der Waals surface area contributed by atoms with Crippen molar-refractivity contribution in [2.24, 2.45) is 5.92 Å². The normalized spacial score (nSPS) is 12.6. The summed E-state index contributed by atoms with van der Waals surface area (Å²) in [4.78, 5) is 48.9. The SMILES string of the molecule is CCC(NC(=O)[C@H](CC(C)C)NC(=O)OCc1ccccc1)C(=O)C(=O)NCCO. The molecule has 9 nitrogen and oxygen atoms in total. The second-order valence-corrected chi connectivity index (χ2v) is 7.20. The van der Waals surface area contributed by atoms with Crippen LogP contribution in [-0.2, 0) is 25.7 Å². The van der Waals surface area contributed by atoms with Gasteiger partial charge in [-0.2, -0.15) is 0 Å². The van der Waals surface area contributed by atoms with E-state index in [1.165, 1.54) is 0 Å². The fourth-order valence-electron chi connectivity index (χ4n) is 2.65. The first-order valence-corrected chi connectivity index (χ1v) is 9.98. The highest BCUT2D eigenvalue weighted by atomic mass is 16.5. The third-order valence-corrected chi connectivity index (χ3v) is 4.19. The van der Waals surface area contributed by atoms with Gasteiger partial charge in [0.1, 0.15) is 12.6 Å². The quantitative estimate of drug-likeness (QED) is 0.371. The Bertz CT molecular complexity index is 708. The highest BCUT2D eigenvalue weighted by molar-refractivity contribution is 6.38. The van der Waals surface area contributed by atoms with Crippen LogP contribution < -0.4 is 16.0 Å². The van der Waals surface area contributed by atoms with Gasteiger partial charge < -0.3 is 25.8 Å². The number of carbonyl (C=O) groups is 4. The number of aliphatic hydroxyl groups is 1. The molecule has 0 saturated heterocycles. The number of Topliss-reactive ketones (excluding diaryl/α,β-unsaturated/α-hetero) is 1. The molecule has 0 heterocycles. The summed E-state index contributed by atoms with van der Waals surface area (Å²) in [5.41, 5.74) is 0.808. The molecule has 0 aliphatic rings. The molecule has 9 heteroatoms. The minimum absolute atomic E-state index is 0.0558. The minimum atomic E-state index is -1.03. The predicted molar refractivity (Wildman–Crippen MR) is 110 cm³/mol. The number of nitrogens with one attached hydrogen (secondary N) is 3. The van der Waals surface area contributed by atoms with Crippen LogP contribution in [0.25, 0.3) is 0 Å². The lowest BCUT2D eigenvalue weighted by molar-refractivity contribution is -0.140.